The van der Waals surface area contributed by atoms with E-state index in [1.54, 1.807) is 6.92 Å². The molecule has 3 aliphatic heterocycles. The minimum atomic E-state index is -1.68. The van der Waals surface area contributed by atoms with Gasteiger partial charge in [0, 0.05) is 24.2 Å². The molecule has 0 aromatic carbocycles. The smallest absolute Gasteiger partial charge is 0.335 e. The number of aliphatic hydroxyl groups is 7. The van der Waals surface area contributed by atoms with Crippen molar-refractivity contribution in [2.24, 2.45) is 46.3 Å². The van der Waals surface area contributed by atoms with Gasteiger partial charge in [-0.15, -0.1) is 0 Å². The fourth-order valence-electron chi connectivity index (χ4n) is 12.3. The topological polar surface area (TPSA) is 205 Å². The summed E-state index contributed by atoms with van der Waals surface area (Å²) in [6.45, 7) is 10.6. The fraction of sp³-hybridized carbons (Fsp3) is 0.973. The Morgan fingerprint density at radius 1 is 0.960 bits per heavy atom. The molecule has 7 rings (SSSR count). The van der Waals surface area contributed by atoms with Crippen molar-refractivity contribution in [2.75, 3.05) is 13.2 Å². The number of hydrogen-bond donors (Lipinski definition) is 7. The number of hydrogen-bond acceptors (Lipinski definition) is 13. The molecule has 0 bridgehead atoms. The highest BCUT2D eigenvalue weighted by atomic mass is 16.7. The van der Waals surface area contributed by atoms with Gasteiger partial charge in [-0.05, 0) is 80.0 Å². The maximum atomic E-state index is 12.9. The minimum Gasteiger partial charge on any atom is -0.458 e. The van der Waals surface area contributed by atoms with Gasteiger partial charge in [-0.3, -0.25) is 0 Å². The first-order valence-electron chi connectivity index (χ1n) is 19.1. The lowest BCUT2D eigenvalue weighted by atomic mass is 9.42. The zero-order valence-electron chi connectivity index (χ0n) is 30.1. The van der Waals surface area contributed by atoms with E-state index < -0.39 is 84.5 Å². The van der Waals surface area contributed by atoms with Crippen LogP contribution in [0.5, 0.6) is 0 Å². The molecule has 1 spiro atoms. The second kappa shape index (κ2) is 13.1. The van der Waals surface area contributed by atoms with E-state index >= 15 is 0 Å². The Kier molecular flexibility index (Phi) is 9.79. The van der Waals surface area contributed by atoms with E-state index in [4.69, 9.17) is 23.7 Å². The number of ether oxygens (including phenoxy) is 5. The molecule has 4 aliphatic carbocycles. The summed E-state index contributed by atoms with van der Waals surface area (Å²) in [6, 6.07) is 0. The number of carbonyl (C=O) groups excluding carboxylic acids is 1. The van der Waals surface area contributed by atoms with Crippen LogP contribution in [-0.4, -0.2) is 128 Å². The van der Waals surface area contributed by atoms with Gasteiger partial charge in [0.25, 0.3) is 0 Å². The Hall–Kier alpha value is -0.970. The molecule has 13 nitrogen and oxygen atoms in total. The van der Waals surface area contributed by atoms with Crippen molar-refractivity contribution >= 4 is 5.97 Å². The molecule has 50 heavy (non-hydrogen) atoms. The standard InChI is InChI=1S/C37H60O13/c1-6-22(39)32(44)47-25-14-36(45)27(40)11-19-20(35(36,5)13-24(25)48-33-31(43)30(42)29(41)26(15-38)49-33)8-9-34(4)21(19)12-23-28(34)18(3)37(50-23)10-7-17(2)16-46-37/h17-31,33,38-43,45H,6-16H2,1-5H3/t17?,18-,19+,20-,21-,22?,23-,24+,25+,26+,27?,28-,29+,30-,31+,33+,34-,35+,36?,37+/m0/s1. The highest BCUT2D eigenvalue weighted by Gasteiger charge is 2.73. The average Bonchev–Trinajstić information content (AvgIpc) is 3.53. The van der Waals surface area contributed by atoms with Gasteiger partial charge in [0.05, 0.1) is 37.1 Å². The van der Waals surface area contributed by atoms with Crippen molar-refractivity contribution in [3.63, 3.8) is 0 Å². The summed E-state index contributed by atoms with van der Waals surface area (Å²) in [4.78, 5) is 12.9. The predicted molar refractivity (Wildman–Crippen MR) is 175 cm³/mol. The first kappa shape index (κ1) is 37.3. The summed E-state index contributed by atoms with van der Waals surface area (Å²) in [6.07, 6.45) is -7.24. The molecule has 4 unspecified atom stereocenters. The lowest BCUT2D eigenvalue weighted by Crippen LogP contribution is -2.71. The first-order valence-corrected chi connectivity index (χ1v) is 19.1. The van der Waals surface area contributed by atoms with Crippen LogP contribution >= 0.6 is 0 Å². The van der Waals surface area contributed by atoms with Crippen LogP contribution in [-0.2, 0) is 28.5 Å². The molecule has 0 aromatic heterocycles. The van der Waals surface area contributed by atoms with Gasteiger partial charge in [-0.2, -0.15) is 0 Å². The van der Waals surface area contributed by atoms with E-state index in [1.807, 2.05) is 6.92 Å². The molecule has 7 aliphatic rings. The third-order valence-electron chi connectivity index (χ3n) is 15.2. The van der Waals surface area contributed by atoms with Crippen molar-refractivity contribution < 1.29 is 64.2 Å². The molecule has 0 amide bonds. The number of esters is 1. The van der Waals surface area contributed by atoms with Crippen molar-refractivity contribution in [3.05, 3.63) is 0 Å². The van der Waals surface area contributed by atoms with Crippen LogP contribution in [0.2, 0.25) is 0 Å². The van der Waals surface area contributed by atoms with Gasteiger partial charge >= 0.3 is 5.97 Å². The van der Waals surface area contributed by atoms with E-state index in [-0.39, 0.29) is 54.5 Å². The van der Waals surface area contributed by atoms with Gasteiger partial charge in [-0.1, -0.05) is 34.6 Å². The van der Waals surface area contributed by atoms with E-state index in [9.17, 15) is 40.5 Å². The van der Waals surface area contributed by atoms with Crippen LogP contribution < -0.4 is 0 Å². The lowest BCUT2D eigenvalue weighted by molar-refractivity contribution is -0.340. The largest absolute Gasteiger partial charge is 0.458 e. The van der Waals surface area contributed by atoms with Crippen LogP contribution in [0.25, 0.3) is 0 Å². The molecule has 13 heteroatoms. The van der Waals surface area contributed by atoms with Gasteiger partial charge in [0.15, 0.2) is 18.2 Å². The number of carbonyl (C=O) groups is 1. The average molecular weight is 713 g/mol. The highest BCUT2D eigenvalue weighted by molar-refractivity contribution is 5.74. The summed E-state index contributed by atoms with van der Waals surface area (Å²) >= 11 is 0. The molecule has 4 saturated carbocycles. The lowest BCUT2D eigenvalue weighted by Gasteiger charge is -2.66. The third kappa shape index (κ3) is 5.47. The second-order valence-electron chi connectivity index (χ2n) is 17.7. The van der Waals surface area contributed by atoms with E-state index in [2.05, 4.69) is 20.8 Å². The molecule has 286 valence electrons. The molecular formula is C37H60O13. The van der Waals surface area contributed by atoms with E-state index in [0.717, 1.165) is 32.1 Å². The molecule has 20 atom stereocenters. The number of fused-ring (bicyclic) bond motifs is 7. The summed E-state index contributed by atoms with van der Waals surface area (Å²) in [5, 5.41) is 76.3. The SMILES string of the molecule is CCC(O)C(=O)O[C@@H]1CC2(O)C(O)C[C@H]3[C@@H]4C[C@@H]5O[C@]6(CCC(C)CO6)[C@@H](C)[C@@H]5[C@@]4(C)CC[C@@H]3[C@@]2(C)C[C@H]1O[C@@H]1O[C@H](CO)[C@@H](O)[C@H](O)[C@H]1O. The summed E-state index contributed by atoms with van der Waals surface area (Å²) in [7, 11) is 0. The van der Waals surface area contributed by atoms with Gasteiger partial charge in [0.2, 0.25) is 0 Å². The van der Waals surface area contributed by atoms with Crippen molar-refractivity contribution in [1.82, 2.24) is 0 Å². The monoisotopic (exact) mass is 712 g/mol. The normalized spacial score (nSPS) is 56.6. The molecule has 3 heterocycles. The Labute approximate surface area is 294 Å². The van der Waals surface area contributed by atoms with Crippen LogP contribution in [0.15, 0.2) is 0 Å². The Balaban J connectivity index is 1.17. The Morgan fingerprint density at radius 2 is 1.70 bits per heavy atom. The summed E-state index contributed by atoms with van der Waals surface area (Å²) < 4.78 is 31.1. The third-order valence-corrected chi connectivity index (χ3v) is 15.2. The maximum Gasteiger partial charge on any atom is 0.335 e. The molecule has 0 aromatic rings. The van der Waals surface area contributed by atoms with Crippen molar-refractivity contribution in [1.29, 1.82) is 0 Å². The van der Waals surface area contributed by atoms with Gasteiger partial charge < -0.3 is 59.4 Å². The first-order chi connectivity index (χ1) is 23.5. The quantitative estimate of drug-likeness (QED) is 0.152. The number of aliphatic hydroxyl groups excluding tert-OH is 6. The van der Waals surface area contributed by atoms with Crippen LogP contribution in [0.3, 0.4) is 0 Å². The molecule has 7 N–H and O–H groups in total. The molecule has 7 fully saturated rings. The Bertz CT molecular complexity index is 1260. The predicted octanol–water partition coefficient (Wildman–Crippen LogP) is 0.996. The second-order valence-corrected chi connectivity index (χ2v) is 17.7. The van der Waals surface area contributed by atoms with Crippen molar-refractivity contribution in [3.8, 4) is 0 Å². The maximum absolute atomic E-state index is 12.9. The summed E-state index contributed by atoms with van der Waals surface area (Å²) in [5.41, 5.74) is -2.62. The van der Waals surface area contributed by atoms with Gasteiger partial charge in [0.1, 0.15) is 30.5 Å². The number of rotatable bonds is 6. The van der Waals surface area contributed by atoms with Gasteiger partial charge in [-0.25, -0.2) is 4.79 Å². The van der Waals surface area contributed by atoms with E-state index in [1.165, 1.54) is 0 Å². The molecule has 0 radical (unpaired) electrons. The highest BCUT2D eigenvalue weighted by Crippen LogP contribution is 2.72. The van der Waals surface area contributed by atoms with Crippen molar-refractivity contribution in [2.45, 2.75) is 165 Å². The summed E-state index contributed by atoms with van der Waals surface area (Å²) in [5.74, 6) is -0.0826. The molecular weight excluding hydrogens is 652 g/mol. The van der Waals surface area contributed by atoms with E-state index in [0.29, 0.717) is 24.9 Å². The van der Waals surface area contributed by atoms with Crippen LogP contribution in [0, 0.1) is 46.3 Å². The zero-order chi connectivity index (χ0) is 36.1. The minimum absolute atomic E-state index is 0.0253. The Morgan fingerprint density at radius 3 is 2.36 bits per heavy atom. The van der Waals surface area contributed by atoms with Crippen LogP contribution in [0.1, 0.15) is 92.4 Å². The fourth-order valence-corrected chi connectivity index (χ4v) is 12.3. The molecule has 3 saturated heterocycles. The zero-order valence-corrected chi connectivity index (χ0v) is 30.1. The van der Waals surface area contributed by atoms with Crippen LogP contribution in [0.4, 0.5) is 0 Å².